The molecular formula is C24H38N4O3. The highest BCUT2D eigenvalue weighted by Crippen LogP contribution is 2.22. The molecule has 1 aliphatic heterocycles. The predicted molar refractivity (Wildman–Crippen MR) is 122 cm³/mol. The molecule has 3 rings (SSSR count). The van der Waals surface area contributed by atoms with Crippen molar-refractivity contribution in [2.75, 3.05) is 39.4 Å². The van der Waals surface area contributed by atoms with E-state index in [0.717, 1.165) is 39.1 Å². The zero-order valence-corrected chi connectivity index (χ0v) is 18.8. The van der Waals surface area contributed by atoms with Crippen LogP contribution >= 0.6 is 0 Å². The van der Waals surface area contributed by atoms with E-state index in [2.05, 4.69) is 52.0 Å². The Bertz CT molecular complexity index is 700. The molecule has 1 aromatic carbocycles. The number of rotatable bonds is 9. The van der Waals surface area contributed by atoms with Crippen LogP contribution < -0.4 is 16.0 Å². The van der Waals surface area contributed by atoms with Crippen LogP contribution in [0.1, 0.15) is 62.1 Å². The van der Waals surface area contributed by atoms with Gasteiger partial charge in [0.1, 0.15) is 0 Å². The van der Waals surface area contributed by atoms with E-state index in [9.17, 15) is 9.59 Å². The molecule has 1 aliphatic carbocycles. The Balaban J connectivity index is 1.38. The summed E-state index contributed by atoms with van der Waals surface area (Å²) < 4.78 is 5.50. The summed E-state index contributed by atoms with van der Waals surface area (Å²) in [5, 5.41) is 9.02. The molecule has 2 aliphatic rings. The van der Waals surface area contributed by atoms with Crippen molar-refractivity contribution in [2.24, 2.45) is 0 Å². The molecule has 0 radical (unpaired) electrons. The minimum atomic E-state index is -0.112. The Kier molecular flexibility index (Phi) is 9.62. The van der Waals surface area contributed by atoms with Crippen molar-refractivity contribution in [3.63, 3.8) is 0 Å². The van der Waals surface area contributed by atoms with Crippen LogP contribution in [0.5, 0.6) is 0 Å². The molecule has 1 unspecified atom stereocenters. The van der Waals surface area contributed by atoms with Gasteiger partial charge in [-0.1, -0.05) is 49.1 Å². The number of amides is 3. The fourth-order valence-electron chi connectivity index (χ4n) is 4.46. The third-order valence-corrected chi connectivity index (χ3v) is 6.21. The molecule has 7 heteroatoms. The number of carbonyl (C=O) groups excluding carboxylic acids is 2. The molecule has 1 saturated carbocycles. The average molecular weight is 431 g/mol. The first kappa shape index (κ1) is 23.5. The molecule has 7 nitrogen and oxygen atoms in total. The minimum absolute atomic E-state index is 0.0281. The van der Waals surface area contributed by atoms with Crippen LogP contribution in [0.2, 0.25) is 0 Å². The van der Waals surface area contributed by atoms with Crippen LogP contribution in [0.4, 0.5) is 4.79 Å². The molecule has 1 atom stereocenters. The summed E-state index contributed by atoms with van der Waals surface area (Å²) >= 11 is 0. The molecule has 0 bridgehead atoms. The summed E-state index contributed by atoms with van der Waals surface area (Å²) in [5.41, 5.74) is 2.45. The first-order valence-corrected chi connectivity index (χ1v) is 11.8. The lowest BCUT2D eigenvalue weighted by Gasteiger charge is -2.35. The van der Waals surface area contributed by atoms with Gasteiger partial charge < -0.3 is 20.7 Å². The van der Waals surface area contributed by atoms with E-state index in [1.165, 1.54) is 30.4 Å². The van der Waals surface area contributed by atoms with Gasteiger partial charge in [0.15, 0.2) is 0 Å². The molecule has 3 N–H and O–H groups in total. The second kappa shape index (κ2) is 12.7. The van der Waals surface area contributed by atoms with Gasteiger partial charge in [0.25, 0.3) is 0 Å². The van der Waals surface area contributed by atoms with Crippen LogP contribution in [0.25, 0.3) is 0 Å². The lowest BCUT2D eigenvalue weighted by Crippen LogP contribution is -2.44. The first-order valence-electron chi connectivity index (χ1n) is 11.8. The molecule has 172 valence electrons. The second-order valence-electron chi connectivity index (χ2n) is 8.72. The Labute approximate surface area is 186 Å². The number of morpholine rings is 1. The van der Waals surface area contributed by atoms with E-state index in [1.807, 2.05) is 0 Å². The lowest BCUT2D eigenvalue weighted by molar-refractivity contribution is -0.121. The maximum atomic E-state index is 12.4. The van der Waals surface area contributed by atoms with Gasteiger partial charge in [0, 0.05) is 38.6 Å². The molecule has 2 fully saturated rings. The zero-order chi connectivity index (χ0) is 21.9. The van der Waals surface area contributed by atoms with E-state index < -0.39 is 0 Å². The van der Waals surface area contributed by atoms with Crippen molar-refractivity contribution in [3.05, 3.63) is 35.4 Å². The van der Waals surface area contributed by atoms with Crippen LogP contribution in [-0.4, -0.2) is 62.3 Å². The van der Waals surface area contributed by atoms with Crippen LogP contribution in [0, 0.1) is 6.92 Å². The number of carbonyl (C=O) groups is 2. The lowest BCUT2D eigenvalue weighted by atomic mass is 9.96. The van der Waals surface area contributed by atoms with Gasteiger partial charge in [-0.05, 0) is 31.7 Å². The number of aryl methyl sites for hydroxylation is 1. The van der Waals surface area contributed by atoms with Crippen molar-refractivity contribution in [3.8, 4) is 0 Å². The largest absolute Gasteiger partial charge is 0.379 e. The summed E-state index contributed by atoms with van der Waals surface area (Å²) in [6.07, 6.45) is 6.84. The minimum Gasteiger partial charge on any atom is -0.379 e. The van der Waals surface area contributed by atoms with Crippen LogP contribution in [0.15, 0.2) is 24.3 Å². The Hall–Kier alpha value is -2.12. The van der Waals surface area contributed by atoms with Gasteiger partial charge in [-0.2, -0.15) is 0 Å². The van der Waals surface area contributed by atoms with E-state index in [1.54, 1.807) is 0 Å². The number of urea groups is 1. The van der Waals surface area contributed by atoms with E-state index in [4.69, 9.17) is 4.74 Å². The number of hydrogen-bond acceptors (Lipinski definition) is 4. The highest BCUT2D eigenvalue weighted by Gasteiger charge is 2.23. The molecule has 0 spiro atoms. The number of hydrogen-bond donors (Lipinski definition) is 3. The fraction of sp³-hybridized carbons (Fsp3) is 0.667. The van der Waals surface area contributed by atoms with Crippen LogP contribution in [-0.2, 0) is 9.53 Å². The third-order valence-electron chi connectivity index (χ3n) is 6.21. The van der Waals surface area contributed by atoms with Gasteiger partial charge >= 0.3 is 6.03 Å². The van der Waals surface area contributed by atoms with Crippen molar-refractivity contribution in [2.45, 2.75) is 64.0 Å². The highest BCUT2D eigenvalue weighted by atomic mass is 16.5. The summed E-state index contributed by atoms with van der Waals surface area (Å²) in [6.45, 7) is 6.38. The second-order valence-corrected chi connectivity index (χ2v) is 8.72. The number of nitrogens with zero attached hydrogens (tertiary/aromatic N) is 1. The maximum Gasteiger partial charge on any atom is 0.315 e. The maximum absolute atomic E-state index is 12.4. The molecular weight excluding hydrogens is 392 g/mol. The topological polar surface area (TPSA) is 82.7 Å². The SMILES string of the molecule is Cc1cccc(C(CNC(=O)CCCNC(=O)NC2CCCCC2)N2CCOCC2)c1. The quantitative estimate of drug-likeness (QED) is 0.526. The Morgan fingerprint density at radius 3 is 2.65 bits per heavy atom. The van der Waals surface area contributed by atoms with Gasteiger partial charge in [-0.3, -0.25) is 9.69 Å². The molecule has 1 aromatic rings. The summed E-state index contributed by atoms with van der Waals surface area (Å²) in [4.78, 5) is 26.8. The van der Waals surface area contributed by atoms with Crippen molar-refractivity contribution >= 4 is 11.9 Å². The van der Waals surface area contributed by atoms with E-state index >= 15 is 0 Å². The van der Waals surface area contributed by atoms with E-state index in [0.29, 0.717) is 32.0 Å². The number of benzene rings is 1. The number of ether oxygens (including phenoxy) is 1. The van der Waals surface area contributed by atoms with Crippen molar-refractivity contribution in [1.82, 2.24) is 20.9 Å². The molecule has 3 amide bonds. The van der Waals surface area contributed by atoms with Gasteiger partial charge in [-0.15, -0.1) is 0 Å². The fourth-order valence-corrected chi connectivity index (χ4v) is 4.46. The van der Waals surface area contributed by atoms with E-state index in [-0.39, 0.29) is 18.0 Å². The van der Waals surface area contributed by atoms with Gasteiger partial charge in [0.05, 0.1) is 19.3 Å². The molecule has 1 heterocycles. The van der Waals surface area contributed by atoms with Crippen LogP contribution in [0.3, 0.4) is 0 Å². The smallest absolute Gasteiger partial charge is 0.315 e. The van der Waals surface area contributed by atoms with Gasteiger partial charge in [-0.25, -0.2) is 4.79 Å². The van der Waals surface area contributed by atoms with Crippen molar-refractivity contribution < 1.29 is 14.3 Å². The molecule has 31 heavy (non-hydrogen) atoms. The summed E-state index contributed by atoms with van der Waals surface area (Å²) in [7, 11) is 0. The van der Waals surface area contributed by atoms with Crippen molar-refractivity contribution in [1.29, 1.82) is 0 Å². The molecule has 0 aromatic heterocycles. The number of nitrogens with one attached hydrogen (secondary N) is 3. The third kappa shape index (κ3) is 8.15. The first-order chi connectivity index (χ1) is 15.1. The highest BCUT2D eigenvalue weighted by molar-refractivity contribution is 5.76. The monoisotopic (exact) mass is 430 g/mol. The average Bonchev–Trinajstić information content (AvgIpc) is 2.78. The predicted octanol–water partition coefficient (Wildman–Crippen LogP) is 2.90. The zero-order valence-electron chi connectivity index (χ0n) is 18.8. The Morgan fingerprint density at radius 1 is 1.13 bits per heavy atom. The Morgan fingerprint density at radius 2 is 1.90 bits per heavy atom. The summed E-state index contributed by atoms with van der Waals surface area (Å²) in [6, 6.07) is 8.83. The molecule has 1 saturated heterocycles. The normalized spacial score (nSPS) is 18.9. The standard InChI is InChI=1S/C24H38N4O3/c1-19-7-5-8-20(17-19)22(28-13-15-31-16-14-28)18-26-23(29)11-6-12-25-24(30)27-21-9-3-2-4-10-21/h5,7-8,17,21-22H,2-4,6,9-16,18H2,1H3,(H,26,29)(H2,25,27,30). The summed E-state index contributed by atoms with van der Waals surface area (Å²) in [5.74, 6) is 0.0281. The van der Waals surface area contributed by atoms with Gasteiger partial charge in [0.2, 0.25) is 5.91 Å².